The highest BCUT2D eigenvalue weighted by Crippen LogP contribution is 2.60. The van der Waals surface area contributed by atoms with E-state index in [1.54, 1.807) is 41.2 Å². The molecule has 5 aromatic carbocycles. The number of amides is 1. The fourth-order valence-corrected chi connectivity index (χ4v) is 14.4. The molecule has 1 saturated heterocycles. The lowest BCUT2D eigenvalue weighted by molar-refractivity contribution is -0.146. The summed E-state index contributed by atoms with van der Waals surface area (Å²) in [5.74, 6) is 0.218. The second-order valence-electron chi connectivity index (χ2n) is 17.6. The maximum absolute atomic E-state index is 15.8. The maximum atomic E-state index is 15.8. The Morgan fingerprint density at radius 3 is 2.12 bits per heavy atom. The Bertz CT molecular complexity index is 3240. The van der Waals surface area contributed by atoms with Gasteiger partial charge in [0.2, 0.25) is 0 Å². The molecule has 0 saturated carbocycles. The minimum absolute atomic E-state index is 0.0296. The predicted molar refractivity (Wildman–Crippen MR) is 251 cm³/mol. The average molecular weight is 885 g/mol. The smallest absolute Gasteiger partial charge is 0.279 e. The number of carbonyl (C=O) groups is 1. The van der Waals surface area contributed by atoms with Gasteiger partial charge in [-0.25, -0.2) is 0 Å². The Hall–Kier alpha value is -7.07. The normalized spacial score (nSPS) is 19.4. The van der Waals surface area contributed by atoms with Crippen LogP contribution in [0.5, 0.6) is 5.75 Å². The summed E-state index contributed by atoms with van der Waals surface area (Å²) in [6.07, 6.45) is 5.75. The molecule has 1 N–H and O–H groups in total. The summed E-state index contributed by atoms with van der Waals surface area (Å²) in [4.78, 5) is 45.3. The second kappa shape index (κ2) is 16.5. The van der Waals surface area contributed by atoms with Crippen molar-refractivity contribution in [2.45, 2.75) is 63.2 Å². The Balaban J connectivity index is 1.10. The summed E-state index contributed by atoms with van der Waals surface area (Å²) in [5, 5.41) is 31.1. The lowest BCUT2D eigenvalue weighted by Gasteiger charge is -2.37. The van der Waals surface area contributed by atoms with Crippen molar-refractivity contribution < 1.29 is 19.4 Å². The van der Waals surface area contributed by atoms with Gasteiger partial charge in [0, 0.05) is 48.0 Å². The highest BCUT2D eigenvalue weighted by Gasteiger charge is 2.66. The Labute approximate surface area is 375 Å². The number of fused-ring (bicyclic) bond motifs is 4. The first kappa shape index (κ1) is 41.9. The molecule has 3 aromatic heterocycles. The van der Waals surface area contributed by atoms with E-state index in [-0.39, 0.29) is 41.6 Å². The summed E-state index contributed by atoms with van der Waals surface area (Å²) < 4.78 is 17.6. The summed E-state index contributed by atoms with van der Waals surface area (Å²) in [7, 11) is -0.864. The molecule has 15 heteroatoms. The maximum Gasteiger partial charge on any atom is 0.279 e. The topological polar surface area (TPSA) is 159 Å². The van der Waals surface area contributed by atoms with Gasteiger partial charge in [0.1, 0.15) is 5.75 Å². The summed E-state index contributed by atoms with van der Waals surface area (Å²) >= 11 is 0. The van der Waals surface area contributed by atoms with Crippen molar-refractivity contribution in [2.24, 2.45) is 5.92 Å². The number of anilines is 1. The number of hydrogen-bond donors (Lipinski definition) is 1. The molecule has 1 spiro atoms. The van der Waals surface area contributed by atoms with E-state index < -0.39 is 19.8 Å². The number of rotatable bonds is 12. The van der Waals surface area contributed by atoms with Gasteiger partial charge in [-0.1, -0.05) is 91.1 Å². The number of ether oxygens (including phenoxy) is 2. The van der Waals surface area contributed by atoms with Crippen molar-refractivity contribution in [1.82, 2.24) is 34.6 Å². The molecule has 14 nitrogen and oxygen atoms in total. The van der Waals surface area contributed by atoms with Crippen molar-refractivity contribution in [3.63, 3.8) is 0 Å². The van der Waals surface area contributed by atoms with Gasteiger partial charge in [0.15, 0.2) is 5.60 Å². The number of methoxy groups -OCH3 is 1. The van der Waals surface area contributed by atoms with Gasteiger partial charge < -0.3 is 19.5 Å². The van der Waals surface area contributed by atoms with E-state index in [1.165, 1.54) is 14.6 Å². The van der Waals surface area contributed by atoms with Crippen LogP contribution in [0.1, 0.15) is 30.2 Å². The van der Waals surface area contributed by atoms with E-state index >= 15 is 4.79 Å². The third-order valence-electron chi connectivity index (χ3n) is 13.5. The summed E-state index contributed by atoms with van der Waals surface area (Å²) in [6, 6.07) is 36.1. The standard InChI is InChI=1S/C50H48N8O6Si/c1-32-46(65(3,4)40-19-17-39(63-2)18-20-40)45(22-24-55-31-36(23-25-59)53-54-55)64-50(32)43-27-38(58-48(61)42-15-8-6-12-35(42)29-52-58)16-21-44(43)56(49(50)62)30-33-10-9-13-37(26-33)57-47(60)41-14-7-5-11-34(41)28-51-57/h5-21,26-29,31-32,45-46,59H,22-25,30H2,1-4H3/t32-,45+,46-,50+/m1/s1. The van der Waals surface area contributed by atoms with Gasteiger partial charge in [0.05, 0.1) is 73.8 Å². The molecule has 5 heterocycles. The molecule has 0 aliphatic carbocycles. The molecule has 4 atom stereocenters. The number of aromatic nitrogens is 7. The third kappa shape index (κ3) is 7.06. The van der Waals surface area contributed by atoms with Crippen LogP contribution < -0.4 is 25.9 Å². The molecular weight excluding hydrogens is 837 g/mol. The number of hydrogen-bond acceptors (Lipinski definition) is 10. The minimum Gasteiger partial charge on any atom is -0.497 e. The lowest BCUT2D eigenvalue weighted by Crippen LogP contribution is -2.51. The zero-order valence-electron chi connectivity index (χ0n) is 36.5. The zero-order valence-corrected chi connectivity index (χ0v) is 37.5. The quantitative estimate of drug-likeness (QED) is 0.143. The Kier molecular flexibility index (Phi) is 10.6. The average Bonchev–Trinajstić information content (AvgIpc) is 3.98. The molecule has 2 aliphatic rings. The minimum atomic E-state index is -2.52. The van der Waals surface area contributed by atoms with Crippen LogP contribution in [0.2, 0.25) is 18.6 Å². The van der Waals surface area contributed by atoms with E-state index in [9.17, 15) is 14.7 Å². The fourth-order valence-electron chi connectivity index (χ4n) is 10.3. The van der Waals surface area contributed by atoms with Gasteiger partial charge in [0.25, 0.3) is 17.0 Å². The van der Waals surface area contributed by atoms with Crippen LogP contribution >= 0.6 is 0 Å². The number of aliphatic hydroxyl groups excluding tert-OH is 1. The molecule has 8 aromatic rings. The lowest BCUT2D eigenvalue weighted by atomic mass is 9.82. The number of carbonyl (C=O) groups excluding carboxylic acids is 1. The molecule has 0 bridgehead atoms. The molecule has 10 rings (SSSR count). The first-order chi connectivity index (χ1) is 31.5. The highest BCUT2D eigenvalue weighted by atomic mass is 28.3. The number of benzene rings is 5. The summed E-state index contributed by atoms with van der Waals surface area (Å²) in [5.41, 5.74) is 1.86. The van der Waals surface area contributed by atoms with Crippen molar-refractivity contribution in [3.8, 4) is 17.1 Å². The number of nitrogens with zero attached hydrogens (tertiary/aromatic N) is 8. The van der Waals surface area contributed by atoms with Crippen LogP contribution in [0.25, 0.3) is 32.9 Å². The van der Waals surface area contributed by atoms with Crippen molar-refractivity contribution >= 4 is 46.4 Å². The molecule has 1 fully saturated rings. The van der Waals surface area contributed by atoms with E-state index in [0.717, 1.165) is 22.1 Å². The largest absolute Gasteiger partial charge is 0.497 e. The first-order valence-corrected chi connectivity index (χ1v) is 24.9. The fraction of sp³-hybridized carbons (Fsp3) is 0.260. The van der Waals surface area contributed by atoms with Crippen molar-refractivity contribution in [2.75, 3.05) is 18.6 Å². The Morgan fingerprint density at radius 2 is 1.46 bits per heavy atom. The van der Waals surface area contributed by atoms with Crippen molar-refractivity contribution in [3.05, 3.63) is 171 Å². The first-order valence-electron chi connectivity index (χ1n) is 21.8. The van der Waals surface area contributed by atoms with Crippen LogP contribution in [0.3, 0.4) is 0 Å². The van der Waals surface area contributed by atoms with Crippen molar-refractivity contribution in [1.29, 1.82) is 0 Å². The molecule has 0 radical (unpaired) electrons. The third-order valence-corrected chi connectivity index (χ3v) is 17.9. The van der Waals surface area contributed by atoms with E-state index in [1.807, 2.05) is 97.2 Å². The SMILES string of the molecule is COc1ccc([Si](C)(C)[C@H]2[C@H](CCn3cc(CCO)nn3)O[C@@]3(C(=O)N(Cc4cccc(-n5ncc6ccccc6c5=O)c4)c4ccc(-n5ncc6ccccc6c5=O)cc43)[C@@H]2C)cc1. The van der Waals surface area contributed by atoms with Crippen LogP contribution in [-0.2, 0) is 34.6 Å². The van der Waals surface area contributed by atoms with Gasteiger partial charge in [-0.2, -0.15) is 19.6 Å². The highest BCUT2D eigenvalue weighted by molar-refractivity contribution is 6.91. The number of aryl methyl sites for hydroxylation is 1. The zero-order chi connectivity index (χ0) is 45.0. The summed E-state index contributed by atoms with van der Waals surface area (Å²) in [6.45, 7) is 7.43. The van der Waals surface area contributed by atoms with Gasteiger partial charge in [-0.15, -0.1) is 5.10 Å². The van der Waals surface area contributed by atoms with Crippen LogP contribution in [-0.4, -0.2) is 73.5 Å². The Morgan fingerprint density at radius 1 is 0.800 bits per heavy atom. The van der Waals surface area contributed by atoms with Crippen LogP contribution in [0.4, 0.5) is 5.69 Å². The van der Waals surface area contributed by atoms with Gasteiger partial charge in [-0.05, 0) is 72.1 Å². The van der Waals surface area contributed by atoms with E-state index in [2.05, 4.69) is 52.7 Å². The predicted octanol–water partition coefficient (Wildman–Crippen LogP) is 6.07. The molecular formula is C50H48N8O6Si. The molecule has 65 heavy (non-hydrogen) atoms. The molecule has 328 valence electrons. The second-order valence-corrected chi connectivity index (χ2v) is 22.2. The van der Waals surface area contributed by atoms with Crippen LogP contribution in [0.15, 0.2) is 143 Å². The number of aliphatic hydroxyl groups is 1. The monoisotopic (exact) mass is 884 g/mol. The van der Waals surface area contributed by atoms with Gasteiger partial charge >= 0.3 is 0 Å². The van der Waals surface area contributed by atoms with E-state index in [0.29, 0.717) is 58.5 Å². The molecule has 0 unspecified atom stereocenters. The molecule has 2 aliphatic heterocycles. The van der Waals surface area contributed by atoms with Gasteiger partial charge in [-0.3, -0.25) is 19.1 Å². The molecule has 1 amide bonds. The van der Waals surface area contributed by atoms with E-state index in [4.69, 9.17) is 9.47 Å². The van der Waals surface area contributed by atoms with Crippen LogP contribution in [0, 0.1) is 5.92 Å².